The Morgan fingerprint density at radius 1 is 1.13 bits per heavy atom. The van der Waals surface area contributed by atoms with Gasteiger partial charge in [0.1, 0.15) is 6.04 Å². The van der Waals surface area contributed by atoms with Gasteiger partial charge in [-0.25, -0.2) is 0 Å². The fraction of sp³-hybridized carbons (Fsp3) is 0.364. The Hall–Kier alpha value is -3.62. The molecule has 0 saturated heterocycles. The molecule has 0 bridgehead atoms. The maximum Gasteiger partial charge on any atom is 0.256 e. The lowest BCUT2D eigenvalue weighted by atomic mass is 9.99. The smallest absolute Gasteiger partial charge is 0.256 e. The SMILES string of the molecule is Cc1ccncc1C(=O)N1Cc2nccnc2CC1C(=O)NCc1c(C)nn(C)c1C. The maximum atomic E-state index is 13.4. The summed E-state index contributed by atoms with van der Waals surface area (Å²) in [4.78, 5) is 41.0. The van der Waals surface area contributed by atoms with Crippen molar-refractivity contribution in [3.05, 3.63) is 70.3 Å². The molecule has 3 aromatic rings. The van der Waals surface area contributed by atoms with E-state index in [-0.39, 0.29) is 18.4 Å². The fourth-order valence-corrected chi connectivity index (χ4v) is 3.92. The molecule has 4 rings (SSSR count). The number of aryl methyl sites for hydroxylation is 3. The van der Waals surface area contributed by atoms with E-state index >= 15 is 0 Å². The van der Waals surface area contributed by atoms with E-state index in [0.717, 1.165) is 28.2 Å². The van der Waals surface area contributed by atoms with Gasteiger partial charge < -0.3 is 10.2 Å². The number of rotatable bonds is 4. The van der Waals surface area contributed by atoms with E-state index in [0.29, 0.717) is 24.2 Å². The first-order valence-corrected chi connectivity index (χ1v) is 10.1. The van der Waals surface area contributed by atoms with Crippen LogP contribution in [0.3, 0.4) is 0 Å². The highest BCUT2D eigenvalue weighted by Crippen LogP contribution is 2.23. The number of amides is 2. The summed E-state index contributed by atoms with van der Waals surface area (Å²) >= 11 is 0. The van der Waals surface area contributed by atoms with Gasteiger partial charge in [-0.3, -0.25) is 29.2 Å². The van der Waals surface area contributed by atoms with Crippen molar-refractivity contribution in [1.82, 2.24) is 34.9 Å². The Labute approximate surface area is 180 Å². The molecule has 1 unspecified atom stereocenters. The zero-order valence-electron chi connectivity index (χ0n) is 18.1. The second-order valence-electron chi connectivity index (χ2n) is 7.78. The first kappa shape index (κ1) is 20.6. The number of hydrogen-bond donors (Lipinski definition) is 1. The van der Waals surface area contributed by atoms with Gasteiger partial charge in [0.15, 0.2) is 0 Å². The molecule has 3 aromatic heterocycles. The zero-order chi connectivity index (χ0) is 22.1. The van der Waals surface area contributed by atoms with Crippen LogP contribution in [0, 0.1) is 20.8 Å². The largest absolute Gasteiger partial charge is 0.350 e. The third-order valence-corrected chi connectivity index (χ3v) is 5.87. The van der Waals surface area contributed by atoms with E-state index in [1.54, 1.807) is 40.4 Å². The van der Waals surface area contributed by atoms with Crippen molar-refractivity contribution in [3.8, 4) is 0 Å². The zero-order valence-corrected chi connectivity index (χ0v) is 18.1. The Bertz CT molecular complexity index is 1150. The molecule has 9 nitrogen and oxygen atoms in total. The van der Waals surface area contributed by atoms with Crippen LogP contribution in [-0.4, -0.2) is 47.5 Å². The van der Waals surface area contributed by atoms with Gasteiger partial charge in [-0.1, -0.05) is 0 Å². The van der Waals surface area contributed by atoms with Crippen molar-refractivity contribution < 1.29 is 9.59 Å². The summed E-state index contributed by atoms with van der Waals surface area (Å²) in [5.41, 5.74) is 5.59. The van der Waals surface area contributed by atoms with Gasteiger partial charge in [0, 0.05) is 56.1 Å². The Kier molecular flexibility index (Phi) is 5.50. The van der Waals surface area contributed by atoms with Crippen molar-refractivity contribution >= 4 is 11.8 Å². The molecule has 0 fully saturated rings. The molecule has 4 heterocycles. The topological polar surface area (TPSA) is 106 Å². The highest BCUT2D eigenvalue weighted by molar-refractivity contribution is 5.98. The third-order valence-electron chi connectivity index (χ3n) is 5.87. The lowest BCUT2D eigenvalue weighted by Crippen LogP contribution is -2.53. The molecule has 0 aliphatic carbocycles. The lowest BCUT2D eigenvalue weighted by Gasteiger charge is -2.35. The third kappa shape index (κ3) is 3.90. The molecule has 160 valence electrons. The average Bonchev–Trinajstić information content (AvgIpc) is 3.01. The summed E-state index contributed by atoms with van der Waals surface area (Å²) in [5.74, 6) is -0.468. The standard InChI is InChI=1S/C22H25N7O2/c1-13-5-6-23-10-16(13)22(31)29-12-19-18(24-7-8-25-19)9-20(29)21(30)26-11-17-14(2)27-28(4)15(17)3/h5-8,10,20H,9,11-12H2,1-4H3,(H,26,30). The summed E-state index contributed by atoms with van der Waals surface area (Å²) < 4.78 is 1.80. The normalized spacial score (nSPS) is 15.5. The van der Waals surface area contributed by atoms with Gasteiger partial charge in [0.25, 0.3) is 5.91 Å². The van der Waals surface area contributed by atoms with Crippen LogP contribution < -0.4 is 5.32 Å². The van der Waals surface area contributed by atoms with Crippen molar-refractivity contribution in [2.24, 2.45) is 7.05 Å². The number of hydrogen-bond acceptors (Lipinski definition) is 6. The number of nitrogens with zero attached hydrogens (tertiary/aromatic N) is 6. The average molecular weight is 419 g/mol. The molecule has 1 atom stereocenters. The minimum Gasteiger partial charge on any atom is -0.350 e. The summed E-state index contributed by atoms with van der Waals surface area (Å²) in [6.07, 6.45) is 6.71. The molecule has 1 aliphatic heterocycles. The molecule has 2 amide bonds. The molecule has 0 spiro atoms. The number of carbonyl (C=O) groups is 2. The second kappa shape index (κ2) is 8.25. The fourth-order valence-electron chi connectivity index (χ4n) is 3.92. The van der Waals surface area contributed by atoms with E-state index in [1.807, 2.05) is 27.8 Å². The van der Waals surface area contributed by atoms with Gasteiger partial charge in [-0.05, 0) is 32.4 Å². The molecule has 0 radical (unpaired) electrons. The maximum absolute atomic E-state index is 13.4. The van der Waals surface area contributed by atoms with E-state index in [9.17, 15) is 9.59 Å². The van der Waals surface area contributed by atoms with Gasteiger partial charge in [0.2, 0.25) is 5.91 Å². The van der Waals surface area contributed by atoms with E-state index in [1.165, 1.54) is 0 Å². The summed E-state index contributed by atoms with van der Waals surface area (Å²) in [7, 11) is 1.88. The molecule has 9 heteroatoms. The van der Waals surface area contributed by atoms with E-state index < -0.39 is 6.04 Å². The van der Waals surface area contributed by atoms with Crippen molar-refractivity contribution in [3.63, 3.8) is 0 Å². The van der Waals surface area contributed by atoms with Crippen LogP contribution in [0.1, 0.15) is 44.3 Å². The van der Waals surface area contributed by atoms with Crippen LogP contribution in [0.15, 0.2) is 30.9 Å². The number of aromatic nitrogens is 5. The molecule has 1 N–H and O–H groups in total. The second-order valence-corrected chi connectivity index (χ2v) is 7.78. The Morgan fingerprint density at radius 3 is 2.55 bits per heavy atom. The quantitative estimate of drug-likeness (QED) is 0.686. The number of fused-ring (bicyclic) bond motifs is 1. The lowest BCUT2D eigenvalue weighted by molar-refractivity contribution is -0.126. The van der Waals surface area contributed by atoms with E-state index in [2.05, 4.69) is 25.4 Å². The molecule has 0 aromatic carbocycles. The van der Waals surface area contributed by atoms with E-state index in [4.69, 9.17) is 0 Å². The van der Waals surface area contributed by atoms with Crippen LogP contribution in [0.5, 0.6) is 0 Å². The van der Waals surface area contributed by atoms with Gasteiger partial charge >= 0.3 is 0 Å². The highest BCUT2D eigenvalue weighted by Gasteiger charge is 2.36. The van der Waals surface area contributed by atoms with Gasteiger partial charge in [-0.15, -0.1) is 0 Å². The van der Waals surface area contributed by atoms with Crippen LogP contribution >= 0.6 is 0 Å². The first-order chi connectivity index (χ1) is 14.9. The molecular formula is C22H25N7O2. The number of carbonyl (C=O) groups excluding carboxylic acids is 2. The predicted octanol–water partition coefficient (Wildman–Crippen LogP) is 1.41. The Balaban J connectivity index is 1.61. The summed E-state index contributed by atoms with van der Waals surface area (Å²) in [6, 6.07) is 1.10. The van der Waals surface area contributed by atoms with Crippen molar-refractivity contribution in [2.75, 3.05) is 0 Å². The van der Waals surface area contributed by atoms with Crippen molar-refractivity contribution in [2.45, 2.75) is 46.3 Å². The minimum absolute atomic E-state index is 0.222. The number of pyridine rings is 1. The minimum atomic E-state index is -0.686. The number of nitrogens with one attached hydrogen (secondary N) is 1. The molecule has 0 saturated carbocycles. The van der Waals surface area contributed by atoms with Crippen LogP contribution in [0.25, 0.3) is 0 Å². The summed E-state index contributed by atoms with van der Waals surface area (Å²) in [6.45, 7) is 6.31. The van der Waals surface area contributed by atoms with Crippen LogP contribution in [-0.2, 0) is 31.4 Å². The highest BCUT2D eigenvalue weighted by atomic mass is 16.2. The predicted molar refractivity (Wildman–Crippen MR) is 113 cm³/mol. The molecular weight excluding hydrogens is 394 g/mol. The molecule has 31 heavy (non-hydrogen) atoms. The Morgan fingerprint density at radius 2 is 1.87 bits per heavy atom. The van der Waals surface area contributed by atoms with Crippen molar-refractivity contribution in [1.29, 1.82) is 0 Å². The van der Waals surface area contributed by atoms with Crippen LogP contribution in [0.4, 0.5) is 0 Å². The van der Waals surface area contributed by atoms with Gasteiger partial charge in [-0.2, -0.15) is 5.10 Å². The molecule has 1 aliphatic rings. The summed E-state index contributed by atoms with van der Waals surface area (Å²) in [5, 5.41) is 7.39. The van der Waals surface area contributed by atoms with Crippen LogP contribution in [0.2, 0.25) is 0 Å². The monoisotopic (exact) mass is 419 g/mol. The van der Waals surface area contributed by atoms with Gasteiger partial charge in [0.05, 0.1) is 29.2 Å². The first-order valence-electron chi connectivity index (χ1n) is 10.1.